The Morgan fingerprint density at radius 2 is 2.32 bits per heavy atom. The summed E-state index contributed by atoms with van der Waals surface area (Å²) in [6.07, 6.45) is 2.52. The van der Waals surface area contributed by atoms with Crippen molar-refractivity contribution in [1.29, 1.82) is 0 Å². The predicted molar refractivity (Wildman–Crippen MR) is 76.6 cm³/mol. The molecule has 0 N–H and O–H groups in total. The number of nitro benzene ring substituents is 1. The van der Waals surface area contributed by atoms with E-state index in [9.17, 15) is 14.9 Å². The number of fused-ring (bicyclic) bond motifs is 1. The highest BCUT2D eigenvalue weighted by Crippen LogP contribution is 2.30. The van der Waals surface area contributed by atoms with Gasteiger partial charge in [0, 0.05) is 24.1 Å². The summed E-state index contributed by atoms with van der Waals surface area (Å²) in [6.45, 7) is 0.632. The number of esters is 1. The minimum atomic E-state index is -0.625. The van der Waals surface area contributed by atoms with E-state index in [4.69, 9.17) is 9.47 Å². The van der Waals surface area contributed by atoms with Crippen LogP contribution in [-0.2, 0) is 9.47 Å². The molecule has 1 aromatic heterocycles. The van der Waals surface area contributed by atoms with Gasteiger partial charge in [-0.25, -0.2) is 9.48 Å². The number of hydrogen-bond acceptors (Lipinski definition) is 6. The molecule has 0 aliphatic carbocycles. The third kappa shape index (κ3) is 2.41. The van der Waals surface area contributed by atoms with Gasteiger partial charge in [-0.2, -0.15) is 5.10 Å². The molecule has 1 saturated heterocycles. The van der Waals surface area contributed by atoms with E-state index in [1.807, 2.05) is 0 Å². The average Bonchev–Trinajstić information content (AvgIpc) is 2.93. The van der Waals surface area contributed by atoms with Crippen molar-refractivity contribution in [3.05, 3.63) is 34.0 Å². The van der Waals surface area contributed by atoms with E-state index in [1.54, 1.807) is 10.7 Å². The maximum atomic E-state index is 11.9. The molecule has 8 heteroatoms. The number of aromatic nitrogens is 2. The number of rotatable bonds is 3. The Balaban J connectivity index is 2.16. The molecule has 8 nitrogen and oxygen atoms in total. The molecule has 2 heterocycles. The van der Waals surface area contributed by atoms with Crippen molar-refractivity contribution in [3.8, 4) is 0 Å². The molecule has 1 atom stereocenters. The molecule has 0 radical (unpaired) electrons. The van der Waals surface area contributed by atoms with Gasteiger partial charge in [0.25, 0.3) is 5.69 Å². The van der Waals surface area contributed by atoms with E-state index < -0.39 is 10.9 Å². The summed E-state index contributed by atoms with van der Waals surface area (Å²) in [4.78, 5) is 22.3. The summed E-state index contributed by atoms with van der Waals surface area (Å²) in [5, 5.41) is 15.6. The van der Waals surface area contributed by atoms with Crippen molar-refractivity contribution < 1.29 is 19.2 Å². The molecule has 1 aliphatic rings. The molecule has 116 valence electrons. The number of benzene rings is 1. The Bertz CT molecular complexity index is 733. The van der Waals surface area contributed by atoms with Crippen LogP contribution in [0, 0.1) is 10.1 Å². The van der Waals surface area contributed by atoms with Gasteiger partial charge in [-0.1, -0.05) is 0 Å². The number of nitro groups is 1. The Labute approximate surface area is 125 Å². The van der Waals surface area contributed by atoms with Crippen LogP contribution in [0.15, 0.2) is 18.2 Å². The zero-order valence-electron chi connectivity index (χ0n) is 12.0. The fraction of sp³-hybridized carbons (Fsp3) is 0.429. The Kier molecular flexibility index (Phi) is 3.76. The maximum absolute atomic E-state index is 11.9. The Hall–Kier alpha value is -2.48. The molecule has 1 aromatic carbocycles. The van der Waals surface area contributed by atoms with Crippen LogP contribution in [0.3, 0.4) is 0 Å². The van der Waals surface area contributed by atoms with Crippen LogP contribution in [0.25, 0.3) is 10.9 Å². The van der Waals surface area contributed by atoms with Crippen LogP contribution in [0.5, 0.6) is 0 Å². The first-order valence-electron chi connectivity index (χ1n) is 6.98. The zero-order valence-corrected chi connectivity index (χ0v) is 12.0. The lowest BCUT2D eigenvalue weighted by Gasteiger charge is -2.23. The third-order valence-electron chi connectivity index (χ3n) is 3.71. The highest BCUT2D eigenvalue weighted by molar-refractivity contribution is 6.02. The van der Waals surface area contributed by atoms with E-state index in [-0.39, 0.29) is 17.6 Å². The monoisotopic (exact) mass is 305 g/mol. The van der Waals surface area contributed by atoms with Gasteiger partial charge in [0.15, 0.2) is 11.9 Å². The number of methoxy groups -OCH3 is 1. The normalized spacial score (nSPS) is 18.3. The van der Waals surface area contributed by atoms with Gasteiger partial charge in [0.2, 0.25) is 0 Å². The van der Waals surface area contributed by atoms with Gasteiger partial charge in [-0.05, 0) is 25.3 Å². The fourth-order valence-corrected chi connectivity index (χ4v) is 2.63. The lowest BCUT2D eigenvalue weighted by Crippen LogP contribution is -2.19. The van der Waals surface area contributed by atoms with Crippen LogP contribution in [0.1, 0.15) is 36.0 Å². The molecular formula is C14H15N3O5. The first kappa shape index (κ1) is 14.5. The lowest BCUT2D eigenvalue weighted by atomic mass is 10.1. The van der Waals surface area contributed by atoms with Gasteiger partial charge in [0.05, 0.1) is 17.5 Å². The molecule has 0 bridgehead atoms. The summed E-state index contributed by atoms with van der Waals surface area (Å²) < 4.78 is 12.0. The predicted octanol–water partition coefficient (Wildman–Crippen LogP) is 2.43. The highest BCUT2D eigenvalue weighted by atomic mass is 16.6. The molecule has 2 aromatic rings. The number of carbonyl (C=O) groups is 1. The molecule has 1 aliphatic heterocycles. The second-order valence-corrected chi connectivity index (χ2v) is 5.06. The topological polar surface area (TPSA) is 96.5 Å². The number of ether oxygens (including phenoxy) is 2. The molecule has 0 amide bonds. The van der Waals surface area contributed by atoms with Crippen LogP contribution < -0.4 is 0 Å². The van der Waals surface area contributed by atoms with Gasteiger partial charge < -0.3 is 9.47 Å². The van der Waals surface area contributed by atoms with Gasteiger partial charge in [-0.3, -0.25) is 10.1 Å². The lowest BCUT2D eigenvalue weighted by molar-refractivity contribution is -0.384. The molecule has 22 heavy (non-hydrogen) atoms. The maximum Gasteiger partial charge on any atom is 0.359 e. The van der Waals surface area contributed by atoms with Crippen molar-refractivity contribution in [2.75, 3.05) is 13.7 Å². The Morgan fingerprint density at radius 1 is 1.50 bits per heavy atom. The van der Waals surface area contributed by atoms with Crippen molar-refractivity contribution in [3.63, 3.8) is 0 Å². The smallest absolute Gasteiger partial charge is 0.359 e. The third-order valence-corrected chi connectivity index (χ3v) is 3.71. The second kappa shape index (κ2) is 5.72. The molecule has 0 spiro atoms. The zero-order chi connectivity index (χ0) is 15.7. The molecule has 3 rings (SSSR count). The number of non-ortho nitro benzene ring substituents is 1. The fourth-order valence-electron chi connectivity index (χ4n) is 2.63. The highest BCUT2D eigenvalue weighted by Gasteiger charge is 2.25. The minimum Gasteiger partial charge on any atom is -0.464 e. The number of carbonyl (C=O) groups excluding carboxylic acids is 1. The van der Waals surface area contributed by atoms with Crippen molar-refractivity contribution in [2.45, 2.75) is 25.5 Å². The van der Waals surface area contributed by atoms with Crippen LogP contribution in [0.4, 0.5) is 5.69 Å². The second-order valence-electron chi connectivity index (χ2n) is 5.06. The van der Waals surface area contributed by atoms with E-state index in [0.29, 0.717) is 17.5 Å². The molecule has 0 saturated carbocycles. The largest absolute Gasteiger partial charge is 0.464 e. The van der Waals surface area contributed by atoms with Crippen LogP contribution in [-0.4, -0.2) is 34.4 Å². The Morgan fingerprint density at radius 3 is 2.95 bits per heavy atom. The molecule has 1 fully saturated rings. The summed E-state index contributed by atoms with van der Waals surface area (Å²) in [7, 11) is 1.25. The van der Waals surface area contributed by atoms with E-state index in [2.05, 4.69) is 5.10 Å². The first-order chi connectivity index (χ1) is 10.6. The van der Waals surface area contributed by atoms with E-state index in [1.165, 1.54) is 19.2 Å². The quantitative estimate of drug-likeness (QED) is 0.491. The summed E-state index contributed by atoms with van der Waals surface area (Å²) in [5.74, 6) is -0.625. The van der Waals surface area contributed by atoms with Crippen LogP contribution in [0.2, 0.25) is 0 Å². The summed E-state index contributed by atoms with van der Waals surface area (Å²) in [5.41, 5.74) is 0.593. The van der Waals surface area contributed by atoms with E-state index in [0.717, 1.165) is 19.3 Å². The standard InChI is InChI=1S/C14H15N3O5/c1-21-14(18)13-10-8-9(17(19)20)5-6-11(10)16(15-13)12-4-2-3-7-22-12/h5-6,8,12H,2-4,7H2,1H3. The SMILES string of the molecule is COC(=O)c1nn(C2CCCCO2)c2ccc([N+](=O)[O-])cc12. The molecular weight excluding hydrogens is 290 g/mol. The summed E-state index contributed by atoms with van der Waals surface area (Å²) in [6, 6.07) is 4.32. The van der Waals surface area contributed by atoms with Gasteiger partial charge in [-0.15, -0.1) is 0 Å². The molecule has 1 unspecified atom stereocenters. The van der Waals surface area contributed by atoms with Crippen molar-refractivity contribution in [2.24, 2.45) is 0 Å². The van der Waals surface area contributed by atoms with Crippen molar-refractivity contribution in [1.82, 2.24) is 9.78 Å². The van der Waals surface area contributed by atoms with Gasteiger partial charge in [0.1, 0.15) is 0 Å². The van der Waals surface area contributed by atoms with Crippen LogP contribution >= 0.6 is 0 Å². The average molecular weight is 305 g/mol. The number of hydrogen-bond donors (Lipinski definition) is 0. The van der Waals surface area contributed by atoms with E-state index >= 15 is 0 Å². The minimum absolute atomic E-state index is 0.0652. The summed E-state index contributed by atoms with van der Waals surface area (Å²) >= 11 is 0. The van der Waals surface area contributed by atoms with Gasteiger partial charge >= 0.3 is 5.97 Å². The van der Waals surface area contributed by atoms with Crippen molar-refractivity contribution >= 4 is 22.6 Å². The number of nitrogens with zero attached hydrogens (tertiary/aromatic N) is 3. The first-order valence-corrected chi connectivity index (χ1v) is 6.98.